The minimum atomic E-state index is -1.20. The molecule has 0 aromatic heterocycles. The smallest absolute Gasteiger partial charge is 0.255 e. The second-order valence-electron chi connectivity index (χ2n) is 7.04. The van der Waals surface area contributed by atoms with Gasteiger partial charge in [-0.15, -0.1) is 0 Å². The summed E-state index contributed by atoms with van der Waals surface area (Å²) >= 11 is 0. The second-order valence-corrected chi connectivity index (χ2v) is 8.75. The van der Waals surface area contributed by atoms with Crippen molar-refractivity contribution in [2.75, 3.05) is 18.8 Å². The lowest BCUT2D eigenvalue weighted by Gasteiger charge is -2.31. The molecule has 0 radical (unpaired) electrons. The Bertz CT molecular complexity index is 893. The summed E-state index contributed by atoms with van der Waals surface area (Å²) in [5.74, 6) is -0.178. The van der Waals surface area contributed by atoms with E-state index >= 15 is 0 Å². The molecule has 1 aliphatic rings. The highest BCUT2D eigenvalue weighted by molar-refractivity contribution is 7.85. The van der Waals surface area contributed by atoms with Crippen LogP contribution in [0.2, 0.25) is 0 Å². The number of piperidine rings is 1. The Kier molecular flexibility index (Phi) is 7.14. The van der Waals surface area contributed by atoms with E-state index in [9.17, 15) is 18.2 Å². The highest BCUT2D eigenvalue weighted by atomic mass is 32.2. The van der Waals surface area contributed by atoms with Gasteiger partial charge < -0.3 is 10.2 Å². The molecule has 1 unspecified atom stereocenters. The summed E-state index contributed by atoms with van der Waals surface area (Å²) in [5, 5.41) is 2.89. The molecule has 154 valence electrons. The third kappa shape index (κ3) is 5.29. The molecule has 29 heavy (non-hydrogen) atoms. The van der Waals surface area contributed by atoms with Gasteiger partial charge >= 0.3 is 0 Å². The minimum absolute atomic E-state index is 0.0473. The van der Waals surface area contributed by atoms with Gasteiger partial charge in [-0.25, -0.2) is 4.39 Å². The summed E-state index contributed by atoms with van der Waals surface area (Å²) in [4.78, 5) is 27.7. The van der Waals surface area contributed by atoms with E-state index in [4.69, 9.17) is 0 Å². The first-order valence-electron chi connectivity index (χ1n) is 9.78. The van der Waals surface area contributed by atoms with Crippen molar-refractivity contribution in [3.63, 3.8) is 0 Å². The van der Waals surface area contributed by atoms with Crippen LogP contribution in [0.5, 0.6) is 0 Å². The second kappa shape index (κ2) is 9.78. The summed E-state index contributed by atoms with van der Waals surface area (Å²) in [5.41, 5.74) is 1.32. The summed E-state index contributed by atoms with van der Waals surface area (Å²) < 4.78 is 25.2. The number of amides is 2. The maximum Gasteiger partial charge on any atom is 0.255 e. The lowest BCUT2D eigenvalue weighted by molar-refractivity contribution is -0.126. The topological polar surface area (TPSA) is 66.5 Å². The zero-order valence-electron chi connectivity index (χ0n) is 16.4. The number of carbonyl (C=O) groups is 2. The van der Waals surface area contributed by atoms with Crippen molar-refractivity contribution in [1.82, 2.24) is 10.2 Å². The number of hydrogen-bond acceptors (Lipinski definition) is 3. The number of likely N-dealkylation sites (tertiary alicyclic amines) is 1. The highest BCUT2D eigenvalue weighted by Gasteiger charge is 2.29. The Morgan fingerprint density at radius 3 is 2.41 bits per heavy atom. The molecule has 3 rings (SSSR count). The van der Waals surface area contributed by atoms with Crippen molar-refractivity contribution >= 4 is 22.6 Å². The fourth-order valence-corrected chi connectivity index (χ4v) is 4.39. The lowest BCUT2D eigenvalue weighted by atomic mass is 9.95. The SMILES string of the molecule is CCS(=O)c1ccccc1C(=O)N1CCC(C(=O)NCc2ccc(F)cc2)CC1. The number of nitrogens with zero attached hydrogens (tertiary/aromatic N) is 1. The van der Waals surface area contributed by atoms with Crippen LogP contribution in [0.1, 0.15) is 35.7 Å². The quantitative estimate of drug-likeness (QED) is 0.787. The number of nitrogens with one attached hydrogen (secondary N) is 1. The predicted molar refractivity (Wildman–Crippen MR) is 110 cm³/mol. The van der Waals surface area contributed by atoms with E-state index < -0.39 is 10.8 Å². The lowest BCUT2D eigenvalue weighted by Crippen LogP contribution is -2.43. The first-order valence-corrected chi connectivity index (χ1v) is 11.1. The zero-order chi connectivity index (χ0) is 20.8. The van der Waals surface area contributed by atoms with Gasteiger partial charge in [0.2, 0.25) is 5.91 Å². The molecule has 0 bridgehead atoms. The first-order chi connectivity index (χ1) is 14.0. The van der Waals surface area contributed by atoms with Crippen LogP contribution in [0.4, 0.5) is 4.39 Å². The molecule has 1 heterocycles. The largest absolute Gasteiger partial charge is 0.352 e. The van der Waals surface area contributed by atoms with Gasteiger partial charge in [0.05, 0.1) is 21.3 Å². The van der Waals surface area contributed by atoms with Crippen molar-refractivity contribution in [3.8, 4) is 0 Å². The standard InChI is InChI=1S/C22H25FN2O3S/c1-2-29(28)20-6-4-3-5-19(20)22(27)25-13-11-17(12-14-25)21(26)24-15-16-7-9-18(23)10-8-16/h3-10,17H,2,11-15H2,1H3,(H,24,26). The number of benzene rings is 2. The average Bonchev–Trinajstić information content (AvgIpc) is 2.77. The molecule has 1 aliphatic heterocycles. The van der Waals surface area contributed by atoms with Crippen LogP contribution in [0.25, 0.3) is 0 Å². The summed E-state index contributed by atoms with van der Waals surface area (Å²) in [6.07, 6.45) is 1.17. The normalized spacial score (nSPS) is 15.7. The van der Waals surface area contributed by atoms with Crippen LogP contribution in [0, 0.1) is 11.7 Å². The molecule has 2 aromatic rings. The Morgan fingerprint density at radius 1 is 1.10 bits per heavy atom. The highest BCUT2D eigenvalue weighted by Crippen LogP contribution is 2.22. The molecule has 0 spiro atoms. The van der Waals surface area contributed by atoms with Crippen LogP contribution in [-0.4, -0.2) is 39.8 Å². The van der Waals surface area contributed by atoms with Crippen molar-refractivity contribution in [2.24, 2.45) is 5.92 Å². The molecule has 2 aromatic carbocycles. The fraction of sp³-hybridized carbons (Fsp3) is 0.364. The summed E-state index contributed by atoms with van der Waals surface area (Å²) in [7, 11) is -1.20. The summed E-state index contributed by atoms with van der Waals surface area (Å²) in [6.45, 7) is 3.16. The van der Waals surface area contributed by atoms with Gasteiger partial charge in [0.1, 0.15) is 5.82 Å². The Morgan fingerprint density at radius 2 is 1.76 bits per heavy atom. The maximum atomic E-state index is 13.0. The molecule has 5 nitrogen and oxygen atoms in total. The average molecular weight is 417 g/mol. The van der Waals surface area contributed by atoms with Gasteiger partial charge in [-0.1, -0.05) is 31.2 Å². The van der Waals surface area contributed by atoms with Crippen LogP contribution in [0.15, 0.2) is 53.4 Å². The number of rotatable bonds is 6. The van der Waals surface area contributed by atoms with Crippen LogP contribution in [0.3, 0.4) is 0 Å². The fourth-order valence-electron chi connectivity index (χ4n) is 3.45. The van der Waals surface area contributed by atoms with E-state index in [1.165, 1.54) is 12.1 Å². The van der Waals surface area contributed by atoms with Gasteiger partial charge in [0.25, 0.3) is 5.91 Å². The molecule has 0 saturated carbocycles. The minimum Gasteiger partial charge on any atom is -0.352 e. The van der Waals surface area contributed by atoms with E-state index in [-0.39, 0.29) is 23.5 Å². The van der Waals surface area contributed by atoms with Crippen LogP contribution < -0.4 is 5.32 Å². The summed E-state index contributed by atoms with van der Waals surface area (Å²) in [6, 6.07) is 13.1. The molecule has 1 fully saturated rings. The molecular formula is C22H25FN2O3S. The number of hydrogen-bond donors (Lipinski definition) is 1. The third-order valence-corrected chi connectivity index (χ3v) is 6.53. The van der Waals surface area contributed by atoms with E-state index in [2.05, 4.69) is 5.32 Å². The van der Waals surface area contributed by atoms with Crippen molar-refractivity contribution < 1.29 is 18.2 Å². The zero-order valence-corrected chi connectivity index (χ0v) is 17.2. The molecular weight excluding hydrogens is 391 g/mol. The van der Waals surface area contributed by atoms with Gasteiger partial charge in [0, 0.05) is 31.3 Å². The van der Waals surface area contributed by atoms with E-state index in [0.717, 1.165) is 5.56 Å². The van der Waals surface area contributed by atoms with Crippen LogP contribution >= 0.6 is 0 Å². The van der Waals surface area contributed by atoms with Gasteiger partial charge in [-0.05, 0) is 42.7 Å². The van der Waals surface area contributed by atoms with Gasteiger partial charge in [-0.3, -0.25) is 13.8 Å². The molecule has 1 N–H and O–H groups in total. The maximum absolute atomic E-state index is 13.0. The molecule has 1 atom stereocenters. The van der Waals surface area contributed by atoms with Gasteiger partial charge in [-0.2, -0.15) is 0 Å². The monoisotopic (exact) mass is 416 g/mol. The van der Waals surface area contributed by atoms with Crippen LogP contribution in [-0.2, 0) is 22.1 Å². The molecule has 7 heteroatoms. The van der Waals surface area contributed by atoms with Crippen molar-refractivity contribution in [2.45, 2.75) is 31.2 Å². The van der Waals surface area contributed by atoms with E-state index in [1.807, 2.05) is 6.92 Å². The number of halogens is 1. The van der Waals surface area contributed by atoms with Gasteiger partial charge in [0.15, 0.2) is 0 Å². The Hall–Kier alpha value is -2.54. The van der Waals surface area contributed by atoms with E-state index in [1.54, 1.807) is 41.3 Å². The molecule has 1 saturated heterocycles. The molecule has 2 amide bonds. The predicted octanol–water partition coefficient (Wildman–Crippen LogP) is 3.12. The molecule has 0 aliphatic carbocycles. The van der Waals surface area contributed by atoms with E-state index in [0.29, 0.717) is 48.7 Å². The van der Waals surface area contributed by atoms with Crippen molar-refractivity contribution in [1.29, 1.82) is 0 Å². The first kappa shape index (κ1) is 21.2. The number of carbonyl (C=O) groups excluding carboxylic acids is 2. The van der Waals surface area contributed by atoms with Crippen molar-refractivity contribution in [3.05, 3.63) is 65.5 Å². The Labute approximate surface area is 172 Å². The third-order valence-electron chi connectivity index (χ3n) is 5.16. The Balaban J connectivity index is 1.55.